The predicted molar refractivity (Wildman–Crippen MR) is 83.2 cm³/mol. The monoisotopic (exact) mass is 288 g/mol. The molecule has 0 fully saturated rings. The zero-order valence-corrected chi connectivity index (χ0v) is 12.3. The van der Waals surface area contributed by atoms with Crippen molar-refractivity contribution in [1.29, 1.82) is 0 Å². The first-order chi connectivity index (χ1) is 10.2. The molecule has 112 valence electrons. The van der Waals surface area contributed by atoms with Gasteiger partial charge in [0.25, 0.3) is 5.56 Å². The van der Waals surface area contributed by atoms with Crippen molar-refractivity contribution in [3.05, 3.63) is 46.5 Å². The topological polar surface area (TPSA) is 89.1 Å². The van der Waals surface area contributed by atoms with Gasteiger partial charge < -0.3 is 10.3 Å². The van der Waals surface area contributed by atoms with Crippen molar-refractivity contribution >= 4 is 11.5 Å². The van der Waals surface area contributed by atoms with Crippen LogP contribution in [0.2, 0.25) is 0 Å². The van der Waals surface area contributed by atoms with Crippen LogP contribution in [0.1, 0.15) is 19.5 Å². The molecule has 0 unspecified atom stereocenters. The van der Waals surface area contributed by atoms with E-state index < -0.39 is 0 Å². The van der Waals surface area contributed by atoms with Gasteiger partial charge in [0.05, 0.1) is 24.1 Å². The van der Waals surface area contributed by atoms with Gasteiger partial charge in [0, 0.05) is 19.2 Å². The van der Waals surface area contributed by atoms with E-state index in [4.69, 9.17) is 5.84 Å². The van der Waals surface area contributed by atoms with E-state index >= 15 is 0 Å². The lowest BCUT2D eigenvalue weighted by atomic mass is 10.3. The number of rotatable bonds is 6. The summed E-state index contributed by atoms with van der Waals surface area (Å²) >= 11 is 0. The Morgan fingerprint density at radius 1 is 1.33 bits per heavy atom. The number of pyridine rings is 1. The van der Waals surface area contributed by atoms with E-state index in [0.717, 1.165) is 24.5 Å². The van der Waals surface area contributed by atoms with Gasteiger partial charge in [-0.25, -0.2) is 15.5 Å². The van der Waals surface area contributed by atoms with Crippen molar-refractivity contribution in [2.75, 3.05) is 23.4 Å². The van der Waals surface area contributed by atoms with Crippen LogP contribution in [-0.4, -0.2) is 27.9 Å². The molecule has 0 amide bonds. The molecule has 0 spiro atoms. The molecule has 2 heterocycles. The van der Waals surface area contributed by atoms with Gasteiger partial charge in [0.2, 0.25) is 0 Å². The standard InChI is InChI=1S/C14H20N6O/c1-3-19(4-2)12-8-14(21)20(16-9-12)10-11-6-5-7-13(17-11)18-15/h5-9H,3-4,10,15H2,1-2H3,(H,17,18). The van der Waals surface area contributed by atoms with Crippen molar-refractivity contribution < 1.29 is 0 Å². The van der Waals surface area contributed by atoms with Crippen LogP contribution in [-0.2, 0) is 6.54 Å². The molecule has 0 saturated heterocycles. The van der Waals surface area contributed by atoms with Crippen molar-refractivity contribution in [2.45, 2.75) is 20.4 Å². The number of hydrazine groups is 1. The quantitative estimate of drug-likeness (QED) is 0.604. The Labute approximate surface area is 123 Å². The maximum atomic E-state index is 12.1. The molecule has 2 aromatic heterocycles. The van der Waals surface area contributed by atoms with Crippen molar-refractivity contribution in [2.24, 2.45) is 5.84 Å². The van der Waals surface area contributed by atoms with E-state index in [-0.39, 0.29) is 5.56 Å². The van der Waals surface area contributed by atoms with E-state index in [9.17, 15) is 4.79 Å². The summed E-state index contributed by atoms with van der Waals surface area (Å²) in [4.78, 5) is 18.5. The van der Waals surface area contributed by atoms with E-state index in [1.807, 2.05) is 26.0 Å². The third-order valence-electron chi connectivity index (χ3n) is 3.25. The molecule has 0 atom stereocenters. The summed E-state index contributed by atoms with van der Waals surface area (Å²) in [5.74, 6) is 5.88. The smallest absolute Gasteiger partial charge is 0.269 e. The van der Waals surface area contributed by atoms with Crippen molar-refractivity contribution in [3.8, 4) is 0 Å². The molecule has 3 N–H and O–H groups in total. The summed E-state index contributed by atoms with van der Waals surface area (Å²) in [7, 11) is 0. The van der Waals surface area contributed by atoms with Gasteiger partial charge in [-0.3, -0.25) is 4.79 Å². The highest BCUT2D eigenvalue weighted by Gasteiger charge is 2.06. The molecule has 0 radical (unpaired) electrons. The molecular formula is C14H20N6O. The minimum absolute atomic E-state index is 0.146. The van der Waals surface area contributed by atoms with Crippen LogP contribution in [0.25, 0.3) is 0 Å². The molecule has 0 aliphatic rings. The van der Waals surface area contributed by atoms with Gasteiger partial charge in [0.15, 0.2) is 0 Å². The molecule has 2 rings (SSSR count). The van der Waals surface area contributed by atoms with Gasteiger partial charge in [-0.05, 0) is 26.0 Å². The lowest BCUT2D eigenvalue weighted by Crippen LogP contribution is -2.28. The van der Waals surface area contributed by atoms with Crippen LogP contribution in [0.15, 0.2) is 35.3 Å². The molecule has 7 nitrogen and oxygen atoms in total. The summed E-state index contributed by atoms with van der Waals surface area (Å²) < 4.78 is 1.38. The highest BCUT2D eigenvalue weighted by atomic mass is 16.1. The molecule has 0 aliphatic heterocycles. The molecule has 7 heteroatoms. The summed E-state index contributed by atoms with van der Waals surface area (Å²) in [6, 6.07) is 7.01. The number of nitrogens with one attached hydrogen (secondary N) is 1. The van der Waals surface area contributed by atoms with E-state index in [1.165, 1.54) is 4.68 Å². The first kappa shape index (κ1) is 15.0. The largest absolute Gasteiger partial charge is 0.371 e. The number of aromatic nitrogens is 3. The highest BCUT2D eigenvalue weighted by molar-refractivity contribution is 5.42. The maximum absolute atomic E-state index is 12.1. The molecule has 0 aliphatic carbocycles. The minimum atomic E-state index is -0.146. The predicted octanol–water partition coefficient (Wildman–Crippen LogP) is 0.818. The average molecular weight is 288 g/mol. The number of hydrogen-bond acceptors (Lipinski definition) is 6. The Kier molecular flexibility index (Phi) is 4.89. The fraction of sp³-hybridized carbons (Fsp3) is 0.357. The average Bonchev–Trinajstić information content (AvgIpc) is 2.51. The van der Waals surface area contributed by atoms with Crippen LogP contribution in [0, 0.1) is 0 Å². The fourth-order valence-electron chi connectivity index (χ4n) is 2.11. The second-order valence-corrected chi connectivity index (χ2v) is 4.54. The second-order valence-electron chi connectivity index (χ2n) is 4.54. The minimum Gasteiger partial charge on any atom is -0.371 e. The lowest BCUT2D eigenvalue weighted by Gasteiger charge is -2.20. The molecule has 0 saturated carbocycles. The fourth-order valence-corrected chi connectivity index (χ4v) is 2.11. The van der Waals surface area contributed by atoms with Gasteiger partial charge in [-0.2, -0.15) is 5.10 Å². The van der Waals surface area contributed by atoms with Gasteiger partial charge in [-0.15, -0.1) is 0 Å². The number of nitrogen functional groups attached to an aromatic ring is 1. The second kappa shape index (κ2) is 6.85. The van der Waals surface area contributed by atoms with Crippen LogP contribution in [0.3, 0.4) is 0 Å². The van der Waals surface area contributed by atoms with Crippen LogP contribution in [0.4, 0.5) is 11.5 Å². The van der Waals surface area contributed by atoms with Gasteiger partial charge >= 0.3 is 0 Å². The first-order valence-corrected chi connectivity index (χ1v) is 6.92. The molecule has 0 bridgehead atoms. The van der Waals surface area contributed by atoms with E-state index in [2.05, 4.69) is 20.4 Å². The zero-order valence-electron chi connectivity index (χ0n) is 12.3. The number of anilines is 2. The molecule has 21 heavy (non-hydrogen) atoms. The number of nitrogens with zero attached hydrogens (tertiary/aromatic N) is 4. The van der Waals surface area contributed by atoms with Crippen molar-refractivity contribution in [1.82, 2.24) is 14.8 Å². The Balaban J connectivity index is 2.23. The first-order valence-electron chi connectivity index (χ1n) is 6.92. The van der Waals surface area contributed by atoms with Crippen molar-refractivity contribution in [3.63, 3.8) is 0 Å². The summed E-state index contributed by atoms with van der Waals surface area (Å²) in [5.41, 5.74) is 3.89. The number of nitrogens with two attached hydrogens (primary N) is 1. The van der Waals surface area contributed by atoms with Crippen LogP contribution in [0.5, 0.6) is 0 Å². The summed E-state index contributed by atoms with van der Waals surface area (Å²) in [5, 5.41) is 4.22. The zero-order chi connectivity index (χ0) is 15.2. The molecule has 2 aromatic rings. The van der Waals surface area contributed by atoms with Gasteiger partial charge in [-0.1, -0.05) is 6.07 Å². The third-order valence-corrected chi connectivity index (χ3v) is 3.25. The molecule has 0 aromatic carbocycles. The lowest BCUT2D eigenvalue weighted by molar-refractivity contribution is 0.626. The Morgan fingerprint density at radius 2 is 2.10 bits per heavy atom. The highest BCUT2D eigenvalue weighted by Crippen LogP contribution is 2.09. The Bertz CT molecular complexity index is 650. The van der Waals surface area contributed by atoms with Gasteiger partial charge in [0.1, 0.15) is 5.82 Å². The Hall–Kier alpha value is -2.41. The normalized spacial score (nSPS) is 10.4. The maximum Gasteiger partial charge on any atom is 0.269 e. The Morgan fingerprint density at radius 3 is 2.71 bits per heavy atom. The van der Waals surface area contributed by atoms with Crippen LogP contribution >= 0.6 is 0 Å². The number of hydrogen-bond donors (Lipinski definition) is 2. The van der Waals surface area contributed by atoms with E-state index in [1.54, 1.807) is 18.3 Å². The SMILES string of the molecule is CCN(CC)c1cnn(Cc2cccc(NN)n2)c(=O)c1. The van der Waals surface area contributed by atoms with E-state index in [0.29, 0.717) is 12.4 Å². The summed E-state index contributed by atoms with van der Waals surface area (Å²) in [6.45, 7) is 6.09. The third kappa shape index (κ3) is 3.57. The summed E-state index contributed by atoms with van der Waals surface area (Å²) in [6.07, 6.45) is 1.71. The molecular weight excluding hydrogens is 268 g/mol. The van der Waals surface area contributed by atoms with Crippen LogP contribution < -0.4 is 21.7 Å².